The molecule has 3 heterocycles. The van der Waals surface area contributed by atoms with Crippen molar-refractivity contribution in [3.05, 3.63) is 59.5 Å². The minimum Gasteiger partial charge on any atom is -0.381 e. The van der Waals surface area contributed by atoms with E-state index in [0.717, 1.165) is 69.2 Å². The third-order valence-corrected chi connectivity index (χ3v) is 6.68. The molecule has 0 unspecified atom stereocenters. The van der Waals surface area contributed by atoms with Gasteiger partial charge in [0.2, 0.25) is 0 Å². The molecule has 32 heavy (non-hydrogen) atoms. The van der Waals surface area contributed by atoms with Crippen molar-refractivity contribution < 1.29 is 13.9 Å². The fourth-order valence-electron chi connectivity index (χ4n) is 4.82. The van der Waals surface area contributed by atoms with Crippen molar-refractivity contribution >= 4 is 28.2 Å². The van der Waals surface area contributed by atoms with E-state index in [-0.39, 0.29) is 11.7 Å². The second kappa shape index (κ2) is 8.92. The molecule has 0 atom stereocenters. The number of amides is 1. The fourth-order valence-corrected chi connectivity index (χ4v) is 4.82. The van der Waals surface area contributed by atoms with E-state index in [0.29, 0.717) is 22.6 Å². The van der Waals surface area contributed by atoms with Crippen LogP contribution in [0.2, 0.25) is 0 Å². The Labute approximate surface area is 187 Å². The van der Waals surface area contributed by atoms with Crippen LogP contribution in [0.5, 0.6) is 0 Å². The Balaban J connectivity index is 1.25. The van der Waals surface area contributed by atoms with Crippen LogP contribution in [0.25, 0.3) is 10.9 Å². The topological polar surface area (TPSA) is 60.6 Å². The molecule has 0 saturated carbocycles. The van der Waals surface area contributed by atoms with Gasteiger partial charge < -0.3 is 19.9 Å². The lowest BCUT2D eigenvalue weighted by atomic mass is 10.1. The Morgan fingerprint density at radius 2 is 1.88 bits per heavy atom. The molecular formula is C25H29FN4O2. The SMILES string of the molecule is Cc1ccc(F)c2cc(C(=O)Nc3cccc(N4CCN(C5CCOCC5)CC4)c3)[nH]c12. The van der Waals surface area contributed by atoms with Gasteiger partial charge in [0.1, 0.15) is 11.5 Å². The minimum absolute atomic E-state index is 0.276. The number of aryl methyl sites for hydroxylation is 1. The molecule has 0 aliphatic carbocycles. The maximum absolute atomic E-state index is 14.1. The van der Waals surface area contributed by atoms with Crippen molar-refractivity contribution in [2.45, 2.75) is 25.8 Å². The highest BCUT2D eigenvalue weighted by Gasteiger charge is 2.25. The predicted octanol–water partition coefficient (Wildman–Crippen LogP) is 4.17. The number of nitrogens with zero attached hydrogens (tertiary/aromatic N) is 2. The number of nitrogens with one attached hydrogen (secondary N) is 2. The molecule has 2 aromatic carbocycles. The lowest BCUT2D eigenvalue weighted by Crippen LogP contribution is -2.51. The predicted molar refractivity (Wildman–Crippen MR) is 125 cm³/mol. The molecule has 0 bridgehead atoms. The fraction of sp³-hybridized carbons (Fsp3) is 0.400. The normalized spacial score (nSPS) is 18.2. The number of aromatic nitrogens is 1. The van der Waals surface area contributed by atoms with Gasteiger partial charge in [-0.25, -0.2) is 4.39 Å². The van der Waals surface area contributed by atoms with Crippen LogP contribution in [0.3, 0.4) is 0 Å². The van der Waals surface area contributed by atoms with Crippen molar-refractivity contribution in [1.29, 1.82) is 0 Å². The van der Waals surface area contributed by atoms with Gasteiger partial charge in [-0.2, -0.15) is 0 Å². The van der Waals surface area contributed by atoms with Gasteiger partial charge in [-0.15, -0.1) is 0 Å². The maximum atomic E-state index is 14.1. The van der Waals surface area contributed by atoms with Gasteiger partial charge in [-0.3, -0.25) is 9.69 Å². The van der Waals surface area contributed by atoms with E-state index in [1.165, 1.54) is 6.07 Å². The van der Waals surface area contributed by atoms with Gasteiger partial charge in [-0.05, 0) is 55.7 Å². The van der Waals surface area contributed by atoms with Crippen molar-refractivity contribution in [3.63, 3.8) is 0 Å². The maximum Gasteiger partial charge on any atom is 0.272 e. The zero-order valence-corrected chi connectivity index (χ0v) is 18.4. The highest BCUT2D eigenvalue weighted by Crippen LogP contribution is 2.25. The number of fused-ring (bicyclic) bond motifs is 1. The van der Waals surface area contributed by atoms with E-state index in [1.807, 2.05) is 25.1 Å². The smallest absolute Gasteiger partial charge is 0.272 e. The number of piperazine rings is 1. The number of hydrogen-bond acceptors (Lipinski definition) is 4. The summed E-state index contributed by atoms with van der Waals surface area (Å²) in [5, 5.41) is 3.39. The van der Waals surface area contributed by atoms with Crippen LogP contribution in [0.1, 0.15) is 28.9 Å². The number of aromatic amines is 1. The van der Waals surface area contributed by atoms with Crippen LogP contribution in [-0.2, 0) is 4.74 Å². The van der Waals surface area contributed by atoms with Gasteiger partial charge in [0.15, 0.2) is 0 Å². The van der Waals surface area contributed by atoms with E-state index in [2.05, 4.69) is 26.2 Å². The summed E-state index contributed by atoms with van der Waals surface area (Å²) < 4.78 is 19.6. The van der Waals surface area contributed by atoms with Crippen LogP contribution < -0.4 is 10.2 Å². The van der Waals surface area contributed by atoms with Crippen LogP contribution in [0.15, 0.2) is 42.5 Å². The Morgan fingerprint density at radius 1 is 1.09 bits per heavy atom. The molecular weight excluding hydrogens is 407 g/mol. The van der Waals surface area contributed by atoms with E-state index >= 15 is 0 Å². The molecule has 2 aliphatic heterocycles. The molecule has 5 rings (SSSR count). The van der Waals surface area contributed by atoms with Crippen molar-refractivity contribution in [3.8, 4) is 0 Å². The number of ether oxygens (including phenoxy) is 1. The number of carbonyl (C=O) groups is 1. The highest BCUT2D eigenvalue weighted by molar-refractivity contribution is 6.06. The number of rotatable bonds is 4. The van der Waals surface area contributed by atoms with Crippen LogP contribution in [0, 0.1) is 12.7 Å². The Morgan fingerprint density at radius 3 is 2.62 bits per heavy atom. The van der Waals surface area contributed by atoms with Crippen molar-refractivity contribution in [2.24, 2.45) is 0 Å². The van der Waals surface area contributed by atoms with E-state index in [1.54, 1.807) is 12.1 Å². The van der Waals surface area contributed by atoms with Crippen LogP contribution >= 0.6 is 0 Å². The summed E-state index contributed by atoms with van der Waals surface area (Å²) >= 11 is 0. The molecule has 2 aliphatic rings. The summed E-state index contributed by atoms with van der Waals surface area (Å²) in [5.41, 5.74) is 3.75. The number of halogens is 1. The molecule has 1 amide bonds. The van der Waals surface area contributed by atoms with Crippen LogP contribution in [0.4, 0.5) is 15.8 Å². The molecule has 0 spiro atoms. The first-order valence-corrected chi connectivity index (χ1v) is 11.3. The molecule has 3 aromatic rings. The van der Waals surface area contributed by atoms with Crippen molar-refractivity contribution in [1.82, 2.24) is 9.88 Å². The standard InChI is InChI=1S/C25H29FN4O2/c1-17-5-6-22(26)21-16-23(28-24(17)21)25(31)27-18-3-2-4-20(15-18)30-11-9-29(10-12-30)19-7-13-32-14-8-19/h2-6,15-16,19,28H,7-14H2,1H3,(H,27,31). The Kier molecular flexibility index (Phi) is 5.85. The first-order chi connectivity index (χ1) is 15.6. The first-order valence-electron chi connectivity index (χ1n) is 11.3. The molecule has 2 fully saturated rings. The van der Waals surface area contributed by atoms with Gasteiger partial charge in [0.05, 0.1) is 5.52 Å². The monoisotopic (exact) mass is 436 g/mol. The molecule has 1 aromatic heterocycles. The van der Waals surface area contributed by atoms with Gasteiger partial charge in [0, 0.05) is 62.2 Å². The largest absolute Gasteiger partial charge is 0.381 e. The third kappa shape index (κ3) is 4.23. The van der Waals surface area contributed by atoms with Crippen molar-refractivity contribution in [2.75, 3.05) is 49.6 Å². The third-order valence-electron chi connectivity index (χ3n) is 6.68. The molecule has 2 saturated heterocycles. The average molecular weight is 437 g/mol. The second-order valence-corrected chi connectivity index (χ2v) is 8.71. The Hall–Kier alpha value is -2.90. The zero-order chi connectivity index (χ0) is 22.1. The summed E-state index contributed by atoms with van der Waals surface area (Å²) in [6.45, 7) is 7.66. The quantitative estimate of drug-likeness (QED) is 0.645. The highest BCUT2D eigenvalue weighted by atomic mass is 19.1. The number of hydrogen-bond donors (Lipinski definition) is 2. The van der Waals surface area contributed by atoms with Gasteiger partial charge >= 0.3 is 0 Å². The van der Waals surface area contributed by atoms with E-state index < -0.39 is 0 Å². The minimum atomic E-state index is -0.331. The molecule has 0 radical (unpaired) electrons. The molecule has 6 nitrogen and oxygen atoms in total. The molecule has 7 heteroatoms. The lowest BCUT2D eigenvalue weighted by molar-refractivity contribution is 0.0321. The number of H-pyrrole nitrogens is 1. The zero-order valence-electron chi connectivity index (χ0n) is 18.4. The van der Waals surface area contributed by atoms with Gasteiger partial charge in [0.25, 0.3) is 5.91 Å². The van der Waals surface area contributed by atoms with Gasteiger partial charge in [-0.1, -0.05) is 12.1 Å². The first kappa shape index (κ1) is 21.0. The summed E-state index contributed by atoms with van der Waals surface area (Å²) in [4.78, 5) is 20.8. The summed E-state index contributed by atoms with van der Waals surface area (Å²) in [6.07, 6.45) is 2.25. The lowest BCUT2D eigenvalue weighted by Gasteiger charge is -2.41. The van der Waals surface area contributed by atoms with E-state index in [9.17, 15) is 9.18 Å². The Bertz CT molecular complexity index is 1080. The molecule has 2 N–H and O–H groups in total. The summed E-state index contributed by atoms with van der Waals surface area (Å²) in [5.74, 6) is -0.607. The summed E-state index contributed by atoms with van der Waals surface area (Å²) in [6, 6.07) is 13.3. The molecule has 168 valence electrons. The summed E-state index contributed by atoms with van der Waals surface area (Å²) in [7, 11) is 0. The number of carbonyl (C=O) groups excluding carboxylic acids is 1. The average Bonchev–Trinajstić information content (AvgIpc) is 3.30. The van der Waals surface area contributed by atoms with Crippen LogP contribution in [-0.4, -0.2) is 61.2 Å². The second-order valence-electron chi connectivity index (χ2n) is 8.71. The number of anilines is 2. The number of benzene rings is 2. The van der Waals surface area contributed by atoms with E-state index in [4.69, 9.17) is 4.74 Å².